The molecule has 0 aliphatic carbocycles. The predicted molar refractivity (Wildman–Crippen MR) is 103 cm³/mol. The molecule has 0 saturated carbocycles. The summed E-state index contributed by atoms with van der Waals surface area (Å²) in [7, 11) is 2.16. The third kappa shape index (κ3) is 2.53. The van der Waals surface area contributed by atoms with Gasteiger partial charge in [-0.25, -0.2) is 5.32 Å². The van der Waals surface area contributed by atoms with Crippen molar-refractivity contribution in [3.63, 3.8) is 0 Å². The van der Waals surface area contributed by atoms with Crippen LogP contribution in [0.3, 0.4) is 0 Å². The summed E-state index contributed by atoms with van der Waals surface area (Å²) >= 11 is 1.89. The molecule has 0 bridgehead atoms. The molecule has 1 atom stereocenters. The quantitative estimate of drug-likeness (QED) is 0.303. The molecule has 0 radical (unpaired) electrons. The van der Waals surface area contributed by atoms with Gasteiger partial charge in [-0.1, -0.05) is 42.5 Å². The molecule has 4 heteroatoms. The van der Waals surface area contributed by atoms with Crippen LogP contribution in [0.2, 0.25) is 0 Å². The SMILES string of the molecule is C[N+]1(C(=N)[NH2+]c2cccc3ccccc23)CCSc2ccccc21. The van der Waals surface area contributed by atoms with Gasteiger partial charge in [-0.3, -0.25) is 0 Å². The third-order valence-electron chi connectivity index (χ3n) is 4.84. The van der Waals surface area contributed by atoms with Gasteiger partial charge >= 0.3 is 5.96 Å². The van der Waals surface area contributed by atoms with Gasteiger partial charge in [0.2, 0.25) is 0 Å². The molecule has 1 aliphatic rings. The van der Waals surface area contributed by atoms with E-state index in [-0.39, 0.29) is 0 Å². The predicted octanol–water partition coefficient (Wildman–Crippen LogP) is 3.71. The molecule has 0 spiro atoms. The number of nitrogens with two attached hydrogens (primary N) is 1. The number of guanidine groups is 1. The number of nitrogens with one attached hydrogen (secondary N) is 1. The second kappa shape index (κ2) is 6.06. The first-order valence-electron chi connectivity index (χ1n) is 8.18. The lowest BCUT2D eigenvalue weighted by Gasteiger charge is -2.34. The second-order valence-electron chi connectivity index (χ2n) is 6.33. The lowest BCUT2D eigenvalue weighted by molar-refractivity contribution is -0.454. The summed E-state index contributed by atoms with van der Waals surface area (Å²) in [5, 5.41) is 13.3. The smallest absolute Gasteiger partial charge is 0.216 e. The molecule has 120 valence electrons. The molecule has 0 amide bonds. The zero-order valence-electron chi connectivity index (χ0n) is 13.7. The molecule has 3 N–H and O–H groups in total. The average Bonchev–Trinajstić information content (AvgIpc) is 2.62. The van der Waals surface area contributed by atoms with E-state index in [1.165, 1.54) is 21.4 Å². The van der Waals surface area contributed by atoms with Crippen molar-refractivity contribution >= 4 is 39.9 Å². The molecule has 0 saturated heterocycles. The van der Waals surface area contributed by atoms with Crippen LogP contribution < -0.4 is 9.80 Å². The normalized spacial score (nSPS) is 19.9. The monoisotopic (exact) mass is 335 g/mol. The van der Waals surface area contributed by atoms with E-state index >= 15 is 0 Å². The Labute approximate surface area is 146 Å². The van der Waals surface area contributed by atoms with E-state index < -0.39 is 0 Å². The summed E-state index contributed by atoms with van der Waals surface area (Å²) < 4.78 is 0.562. The fourth-order valence-electron chi connectivity index (χ4n) is 3.36. The fourth-order valence-corrected chi connectivity index (χ4v) is 4.63. The van der Waals surface area contributed by atoms with E-state index in [4.69, 9.17) is 5.41 Å². The molecule has 0 fully saturated rings. The van der Waals surface area contributed by atoms with E-state index in [0.29, 0.717) is 10.4 Å². The van der Waals surface area contributed by atoms with Crippen LogP contribution in [-0.2, 0) is 0 Å². The molecule has 3 aromatic rings. The number of hydrogen-bond acceptors (Lipinski definition) is 2. The van der Waals surface area contributed by atoms with Crippen LogP contribution in [0.4, 0.5) is 11.4 Å². The van der Waals surface area contributed by atoms with Crippen molar-refractivity contribution in [2.75, 3.05) is 19.3 Å². The lowest BCUT2D eigenvalue weighted by Crippen LogP contribution is -2.90. The fraction of sp³-hybridized carbons (Fsp3) is 0.150. The first kappa shape index (κ1) is 15.4. The zero-order valence-corrected chi connectivity index (χ0v) is 14.5. The molecule has 3 nitrogen and oxygen atoms in total. The number of thioether (sulfide) groups is 1. The van der Waals surface area contributed by atoms with Gasteiger partial charge in [0.1, 0.15) is 12.2 Å². The molecular formula is C20H21N3S+2. The van der Waals surface area contributed by atoms with E-state index in [2.05, 4.69) is 73.8 Å². The van der Waals surface area contributed by atoms with Crippen molar-refractivity contribution in [2.45, 2.75) is 4.90 Å². The number of para-hydroxylation sites is 1. The van der Waals surface area contributed by atoms with Crippen LogP contribution in [0.25, 0.3) is 10.8 Å². The Morgan fingerprint density at radius 3 is 2.67 bits per heavy atom. The molecule has 24 heavy (non-hydrogen) atoms. The van der Waals surface area contributed by atoms with Crippen molar-refractivity contribution in [1.82, 2.24) is 4.48 Å². The highest BCUT2D eigenvalue weighted by Crippen LogP contribution is 2.37. The Balaban J connectivity index is 1.72. The maximum Gasteiger partial charge on any atom is 0.399 e. The van der Waals surface area contributed by atoms with Crippen molar-refractivity contribution < 1.29 is 5.32 Å². The lowest BCUT2D eigenvalue weighted by atomic mass is 10.1. The summed E-state index contributed by atoms with van der Waals surface area (Å²) in [4.78, 5) is 1.29. The number of benzene rings is 3. The van der Waals surface area contributed by atoms with E-state index in [1.807, 2.05) is 17.1 Å². The summed E-state index contributed by atoms with van der Waals surface area (Å²) in [5.74, 6) is 1.68. The van der Waals surface area contributed by atoms with Gasteiger partial charge in [0, 0.05) is 23.3 Å². The van der Waals surface area contributed by atoms with E-state index in [1.54, 1.807) is 0 Å². The summed E-state index contributed by atoms with van der Waals surface area (Å²) in [6.07, 6.45) is 0. The van der Waals surface area contributed by atoms with Crippen LogP contribution in [0.1, 0.15) is 0 Å². The van der Waals surface area contributed by atoms with Crippen molar-refractivity contribution in [3.8, 4) is 0 Å². The second-order valence-corrected chi connectivity index (χ2v) is 7.47. The van der Waals surface area contributed by atoms with Crippen molar-refractivity contribution in [3.05, 3.63) is 66.7 Å². The van der Waals surface area contributed by atoms with Gasteiger partial charge < -0.3 is 0 Å². The molecular weight excluding hydrogens is 314 g/mol. The van der Waals surface area contributed by atoms with Crippen LogP contribution in [0.5, 0.6) is 0 Å². The molecule has 4 rings (SSSR count). The molecule has 3 aromatic carbocycles. The number of quaternary nitrogens is 2. The highest BCUT2D eigenvalue weighted by atomic mass is 32.2. The van der Waals surface area contributed by atoms with E-state index in [0.717, 1.165) is 18.0 Å². The number of hydrogen-bond donors (Lipinski definition) is 2. The number of rotatable bonds is 1. The molecule has 1 aliphatic heterocycles. The maximum atomic E-state index is 8.83. The Morgan fingerprint density at radius 1 is 1.00 bits per heavy atom. The van der Waals surface area contributed by atoms with Crippen LogP contribution in [0, 0.1) is 5.41 Å². The van der Waals surface area contributed by atoms with E-state index in [9.17, 15) is 0 Å². The number of fused-ring (bicyclic) bond motifs is 2. The Kier molecular flexibility index (Phi) is 3.88. The first-order chi connectivity index (χ1) is 11.7. The largest absolute Gasteiger partial charge is 0.399 e. The van der Waals surface area contributed by atoms with Gasteiger partial charge in [0.25, 0.3) is 0 Å². The standard InChI is InChI=1S/C20H20N3S/c1-23(13-14-24-19-12-5-4-11-18(19)23)20(21)22-17-10-6-8-15-7-2-3-9-16(15)17/h2-12H,13-14H2,1H3,(H2,21,22)/q+1/p+1. The number of nitrogens with zero attached hydrogens (tertiary/aromatic N) is 1. The Hall–Kier alpha value is -2.14. The Bertz CT molecular complexity index is 916. The van der Waals surface area contributed by atoms with Crippen LogP contribution in [-0.4, -0.2) is 25.3 Å². The van der Waals surface area contributed by atoms with Crippen LogP contribution in [0.15, 0.2) is 71.6 Å². The topological polar surface area (TPSA) is 40.5 Å². The zero-order chi connectivity index (χ0) is 16.6. The average molecular weight is 335 g/mol. The highest BCUT2D eigenvalue weighted by molar-refractivity contribution is 7.99. The van der Waals surface area contributed by atoms with Gasteiger partial charge in [-0.15, -0.1) is 11.8 Å². The third-order valence-corrected chi connectivity index (χ3v) is 5.88. The maximum absolute atomic E-state index is 8.83. The molecule has 0 aromatic heterocycles. The minimum Gasteiger partial charge on any atom is -0.216 e. The van der Waals surface area contributed by atoms with Gasteiger partial charge in [0.15, 0.2) is 5.69 Å². The highest BCUT2D eigenvalue weighted by Gasteiger charge is 2.40. The van der Waals surface area contributed by atoms with Crippen molar-refractivity contribution in [1.29, 1.82) is 5.41 Å². The minimum atomic E-state index is 0.562. The molecule has 1 heterocycles. The van der Waals surface area contributed by atoms with Gasteiger partial charge in [-0.05, 0) is 17.5 Å². The summed E-state index contributed by atoms with van der Waals surface area (Å²) in [6, 6.07) is 23.2. The Morgan fingerprint density at radius 2 is 1.75 bits per heavy atom. The first-order valence-corrected chi connectivity index (χ1v) is 9.17. The van der Waals surface area contributed by atoms with Gasteiger partial charge in [-0.2, -0.15) is 9.89 Å². The summed E-state index contributed by atoms with van der Waals surface area (Å²) in [6.45, 7) is 0.946. The van der Waals surface area contributed by atoms with Gasteiger partial charge in [0.05, 0.1) is 11.9 Å². The van der Waals surface area contributed by atoms with Crippen LogP contribution >= 0.6 is 11.8 Å². The summed E-state index contributed by atoms with van der Waals surface area (Å²) in [5.41, 5.74) is 2.35. The minimum absolute atomic E-state index is 0.562. The van der Waals surface area contributed by atoms with Crippen molar-refractivity contribution in [2.24, 2.45) is 0 Å². The molecule has 1 unspecified atom stereocenters.